The number of nitrogens with one attached hydrogen (secondary N) is 2. The molecule has 0 heterocycles. The maximum Gasteiger partial charge on any atom is 0.319 e. The van der Waals surface area contributed by atoms with Crippen LogP contribution in [0.4, 0.5) is 10.5 Å². The molecule has 0 fully saturated rings. The molecule has 0 saturated heterocycles. The number of hydrogen-bond acceptors (Lipinski definition) is 2. The summed E-state index contributed by atoms with van der Waals surface area (Å²) in [5.74, 6) is 0.243. The number of anilines is 1. The predicted molar refractivity (Wildman–Crippen MR) is 81.4 cm³/mol. The first-order chi connectivity index (χ1) is 8.88. The van der Waals surface area contributed by atoms with Crippen molar-refractivity contribution in [1.82, 2.24) is 5.32 Å². The van der Waals surface area contributed by atoms with Crippen LogP contribution in [0.2, 0.25) is 0 Å². The Balaban J connectivity index is 2.43. The molecule has 5 heteroatoms. The molecule has 2 atom stereocenters. The molecular weight excluding hydrogens is 308 g/mol. The average molecular weight is 329 g/mol. The lowest BCUT2D eigenvalue weighted by molar-refractivity contribution is 0.163. The number of aryl methyl sites for hydroxylation is 1. The Labute approximate surface area is 122 Å². The molecule has 1 aromatic carbocycles. The highest BCUT2D eigenvalue weighted by Crippen LogP contribution is 2.23. The van der Waals surface area contributed by atoms with Crippen molar-refractivity contribution in [2.75, 3.05) is 11.9 Å². The van der Waals surface area contributed by atoms with Crippen molar-refractivity contribution in [2.45, 2.75) is 33.3 Å². The van der Waals surface area contributed by atoms with Gasteiger partial charge in [-0.15, -0.1) is 0 Å². The van der Waals surface area contributed by atoms with Gasteiger partial charge in [0.05, 0.1) is 11.8 Å². The Morgan fingerprint density at radius 1 is 1.42 bits per heavy atom. The van der Waals surface area contributed by atoms with E-state index in [-0.39, 0.29) is 18.1 Å². The van der Waals surface area contributed by atoms with Crippen molar-refractivity contribution in [3.8, 4) is 0 Å². The summed E-state index contributed by atoms with van der Waals surface area (Å²) in [5, 5.41) is 14.8. The Hall–Kier alpha value is -1.07. The van der Waals surface area contributed by atoms with Crippen LogP contribution in [0.1, 0.15) is 25.8 Å². The molecule has 0 aliphatic carbocycles. The molecule has 0 bridgehead atoms. The fourth-order valence-corrected chi connectivity index (χ4v) is 2.41. The zero-order valence-electron chi connectivity index (χ0n) is 11.5. The maximum absolute atomic E-state index is 11.7. The van der Waals surface area contributed by atoms with Gasteiger partial charge in [-0.1, -0.05) is 13.0 Å². The van der Waals surface area contributed by atoms with E-state index in [0.717, 1.165) is 15.7 Å². The summed E-state index contributed by atoms with van der Waals surface area (Å²) in [4.78, 5) is 11.7. The molecule has 0 radical (unpaired) electrons. The smallest absolute Gasteiger partial charge is 0.319 e. The zero-order valence-corrected chi connectivity index (χ0v) is 13.1. The summed E-state index contributed by atoms with van der Waals surface area (Å²) in [5.41, 5.74) is 1.87. The van der Waals surface area contributed by atoms with Crippen LogP contribution < -0.4 is 10.6 Å². The number of carbonyl (C=O) groups is 1. The van der Waals surface area contributed by atoms with E-state index in [4.69, 9.17) is 0 Å². The van der Waals surface area contributed by atoms with Crippen molar-refractivity contribution >= 4 is 27.6 Å². The van der Waals surface area contributed by atoms with Crippen LogP contribution in [-0.4, -0.2) is 23.8 Å². The van der Waals surface area contributed by atoms with Crippen LogP contribution in [0.15, 0.2) is 22.7 Å². The molecule has 0 aromatic heterocycles. The summed E-state index contributed by atoms with van der Waals surface area (Å²) in [6.07, 6.45) is 0.334. The van der Waals surface area contributed by atoms with Crippen molar-refractivity contribution in [2.24, 2.45) is 5.92 Å². The molecule has 3 N–H and O–H groups in total. The van der Waals surface area contributed by atoms with Crippen molar-refractivity contribution in [3.63, 3.8) is 0 Å². The number of benzene rings is 1. The predicted octanol–water partition coefficient (Wildman–Crippen LogP) is 3.29. The lowest BCUT2D eigenvalue weighted by Crippen LogP contribution is -2.33. The molecule has 2 unspecified atom stereocenters. The number of amides is 2. The number of aliphatic hydroxyl groups is 1. The van der Waals surface area contributed by atoms with Crippen molar-refractivity contribution < 1.29 is 9.90 Å². The number of halogens is 1. The first-order valence-corrected chi connectivity index (χ1v) is 7.17. The Bertz CT molecular complexity index is 435. The Kier molecular flexibility index (Phi) is 6.31. The molecule has 4 nitrogen and oxygen atoms in total. The van der Waals surface area contributed by atoms with Crippen LogP contribution in [0.5, 0.6) is 0 Å². The van der Waals surface area contributed by atoms with Crippen LogP contribution >= 0.6 is 15.9 Å². The van der Waals surface area contributed by atoms with Crippen LogP contribution in [0.3, 0.4) is 0 Å². The molecule has 0 aliphatic heterocycles. The summed E-state index contributed by atoms with van der Waals surface area (Å²) >= 11 is 3.41. The quantitative estimate of drug-likeness (QED) is 0.776. The summed E-state index contributed by atoms with van der Waals surface area (Å²) in [6.45, 7) is 6.28. The van der Waals surface area contributed by atoms with E-state index in [0.29, 0.717) is 13.0 Å². The van der Waals surface area contributed by atoms with E-state index in [1.54, 1.807) is 6.92 Å². The number of aliphatic hydroxyl groups excluding tert-OH is 1. The van der Waals surface area contributed by atoms with Gasteiger partial charge in [0.2, 0.25) is 0 Å². The summed E-state index contributed by atoms with van der Waals surface area (Å²) in [6, 6.07) is 5.52. The number of urea groups is 1. The summed E-state index contributed by atoms with van der Waals surface area (Å²) < 4.78 is 0.861. The minimum Gasteiger partial charge on any atom is -0.393 e. The maximum atomic E-state index is 11.7. The molecule has 2 amide bonds. The first-order valence-electron chi connectivity index (χ1n) is 6.37. The molecule has 1 aromatic rings. The standard InChI is InChI=1S/C14H21BrN2O2/c1-9-4-5-13(12(15)7-9)17-14(19)16-8-10(2)6-11(3)18/h4-5,7,10-11,18H,6,8H2,1-3H3,(H2,16,17,19). The monoisotopic (exact) mass is 328 g/mol. The van der Waals surface area contributed by atoms with E-state index >= 15 is 0 Å². The highest BCUT2D eigenvalue weighted by molar-refractivity contribution is 9.10. The summed E-state index contributed by atoms with van der Waals surface area (Å²) in [7, 11) is 0. The van der Waals surface area contributed by atoms with E-state index in [2.05, 4.69) is 26.6 Å². The lowest BCUT2D eigenvalue weighted by atomic mass is 10.1. The van der Waals surface area contributed by atoms with Crippen LogP contribution in [0, 0.1) is 12.8 Å². The second-order valence-electron chi connectivity index (χ2n) is 5.01. The SMILES string of the molecule is Cc1ccc(NC(=O)NCC(C)CC(C)O)c(Br)c1. The van der Waals surface area contributed by atoms with Gasteiger partial charge in [-0.3, -0.25) is 0 Å². The Morgan fingerprint density at radius 3 is 2.68 bits per heavy atom. The number of rotatable bonds is 5. The van der Waals surface area contributed by atoms with Crippen LogP contribution in [-0.2, 0) is 0 Å². The Morgan fingerprint density at radius 2 is 2.11 bits per heavy atom. The topological polar surface area (TPSA) is 61.4 Å². The van der Waals surface area contributed by atoms with E-state index < -0.39 is 0 Å². The molecule has 106 valence electrons. The zero-order chi connectivity index (χ0) is 14.4. The van der Waals surface area contributed by atoms with Crippen LogP contribution in [0.25, 0.3) is 0 Å². The normalized spacial score (nSPS) is 13.7. The fourth-order valence-electron chi connectivity index (χ4n) is 1.82. The molecule has 19 heavy (non-hydrogen) atoms. The average Bonchev–Trinajstić information content (AvgIpc) is 2.29. The van der Waals surface area contributed by atoms with Gasteiger partial charge in [0.25, 0.3) is 0 Å². The highest BCUT2D eigenvalue weighted by atomic mass is 79.9. The van der Waals surface area contributed by atoms with Gasteiger partial charge in [0.1, 0.15) is 0 Å². The first kappa shape index (κ1) is 16.0. The van der Waals surface area contributed by atoms with Gasteiger partial charge in [0.15, 0.2) is 0 Å². The molecular formula is C14H21BrN2O2. The number of hydrogen-bond donors (Lipinski definition) is 3. The van der Waals surface area contributed by atoms with Gasteiger partial charge in [-0.25, -0.2) is 4.79 Å². The third kappa shape index (κ3) is 6.07. The minimum absolute atomic E-state index is 0.234. The second-order valence-corrected chi connectivity index (χ2v) is 5.86. The molecule has 0 aliphatic rings. The minimum atomic E-state index is -0.342. The van der Waals surface area contributed by atoms with Gasteiger partial charge >= 0.3 is 6.03 Å². The third-order valence-electron chi connectivity index (χ3n) is 2.73. The third-order valence-corrected chi connectivity index (χ3v) is 3.38. The van der Waals surface area contributed by atoms with Gasteiger partial charge in [0, 0.05) is 11.0 Å². The van der Waals surface area contributed by atoms with Crippen molar-refractivity contribution in [1.29, 1.82) is 0 Å². The molecule has 0 saturated carbocycles. The lowest BCUT2D eigenvalue weighted by Gasteiger charge is -2.15. The fraction of sp³-hybridized carbons (Fsp3) is 0.500. The van der Waals surface area contributed by atoms with Gasteiger partial charge in [-0.05, 0) is 59.8 Å². The van der Waals surface area contributed by atoms with Gasteiger partial charge < -0.3 is 15.7 Å². The van der Waals surface area contributed by atoms with Crippen molar-refractivity contribution in [3.05, 3.63) is 28.2 Å². The highest BCUT2D eigenvalue weighted by Gasteiger charge is 2.09. The molecule has 1 rings (SSSR count). The largest absolute Gasteiger partial charge is 0.393 e. The van der Waals surface area contributed by atoms with E-state index in [1.807, 2.05) is 32.0 Å². The van der Waals surface area contributed by atoms with E-state index in [9.17, 15) is 9.90 Å². The van der Waals surface area contributed by atoms with E-state index in [1.165, 1.54) is 0 Å². The number of carbonyl (C=O) groups excluding carboxylic acids is 1. The second kappa shape index (κ2) is 7.50. The molecule has 0 spiro atoms. The van der Waals surface area contributed by atoms with Gasteiger partial charge in [-0.2, -0.15) is 0 Å².